The molecule has 0 bridgehead atoms. The van der Waals surface area contributed by atoms with Gasteiger partial charge in [-0.25, -0.2) is 9.59 Å². The van der Waals surface area contributed by atoms with Gasteiger partial charge in [0.25, 0.3) is 0 Å². The molecule has 1 aromatic rings. The van der Waals surface area contributed by atoms with Crippen LogP contribution in [-0.4, -0.2) is 43.8 Å². The fourth-order valence-electron chi connectivity index (χ4n) is 1.97. The highest BCUT2D eigenvalue weighted by atomic mass is 16.6. The second-order valence-electron chi connectivity index (χ2n) is 6.14. The lowest BCUT2D eigenvalue weighted by Gasteiger charge is -2.23. The van der Waals surface area contributed by atoms with Crippen LogP contribution in [0.3, 0.4) is 0 Å². The number of rotatable bonds is 5. The monoisotopic (exact) mass is 336 g/mol. The van der Waals surface area contributed by atoms with E-state index in [1.165, 1.54) is 18.9 Å². The molecule has 0 radical (unpaired) electrons. The molecule has 1 rings (SSSR count). The number of anilines is 1. The molecule has 7 nitrogen and oxygen atoms in total. The Morgan fingerprint density at radius 2 is 1.88 bits per heavy atom. The van der Waals surface area contributed by atoms with Gasteiger partial charge in [0.05, 0.1) is 12.7 Å². The molecular weight excluding hydrogens is 312 g/mol. The Hall–Kier alpha value is -2.57. The van der Waals surface area contributed by atoms with Crippen LogP contribution in [0.2, 0.25) is 0 Å². The lowest BCUT2D eigenvalue weighted by atomic mass is 10.2. The van der Waals surface area contributed by atoms with E-state index in [1.807, 2.05) is 0 Å². The van der Waals surface area contributed by atoms with Gasteiger partial charge in [-0.05, 0) is 39.0 Å². The second kappa shape index (κ2) is 8.33. The predicted molar refractivity (Wildman–Crippen MR) is 90.0 cm³/mol. The van der Waals surface area contributed by atoms with Crippen molar-refractivity contribution in [3.8, 4) is 0 Å². The van der Waals surface area contributed by atoms with E-state index in [1.54, 1.807) is 45.0 Å². The normalized spacial score (nSPS) is 10.7. The third kappa shape index (κ3) is 6.28. The van der Waals surface area contributed by atoms with Crippen molar-refractivity contribution in [2.24, 2.45) is 0 Å². The standard InChI is InChI=1S/C17H24N2O5/c1-12(20)19(10-9-18-16(22)24-17(2,3)4)14-8-6-7-13(11-14)15(21)23-5/h6-8,11H,9-10H2,1-5H3,(H,18,22). The lowest BCUT2D eigenvalue weighted by molar-refractivity contribution is -0.116. The third-order valence-corrected chi connectivity index (χ3v) is 2.96. The van der Waals surface area contributed by atoms with E-state index < -0.39 is 17.7 Å². The number of hydrogen-bond acceptors (Lipinski definition) is 5. The fourth-order valence-corrected chi connectivity index (χ4v) is 1.97. The number of nitrogens with zero attached hydrogens (tertiary/aromatic N) is 1. The van der Waals surface area contributed by atoms with Crippen molar-refractivity contribution in [1.82, 2.24) is 5.32 Å². The molecule has 0 heterocycles. The molecule has 0 spiro atoms. The second-order valence-corrected chi connectivity index (χ2v) is 6.14. The number of nitrogens with one attached hydrogen (secondary N) is 1. The summed E-state index contributed by atoms with van der Waals surface area (Å²) in [5.74, 6) is -0.685. The molecule has 0 saturated carbocycles. The van der Waals surface area contributed by atoms with E-state index in [4.69, 9.17) is 4.74 Å². The van der Waals surface area contributed by atoms with E-state index in [0.717, 1.165) is 0 Å². The molecule has 0 aliphatic heterocycles. The highest BCUT2D eigenvalue weighted by molar-refractivity contribution is 5.95. The van der Waals surface area contributed by atoms with Crippen molar-refractivity contribution in [1.29, 1.82) is 0 Å². The highest BCUT2D eigenvalue weighted by Gasteiger charge is 2.17. The summed E-state index contributed by atoms with van der Waals surface area (Å²) in [6.45, 7) is 7.20. The maximum atomic E-state index is 11.9. The Kier molecular flexibility index (Phi) is 6.76. The first-order chi connectivity index (χ1) is 11.1. The summed E-state index contributed by atoms with van der Waals surface area (Å²) in [7, 11) is 1.29. The van der Waals surface area contributed by atoms with Gasteiger partial charge < -0.3 is 19.7 Å². The molecule has 0 unspecified atom stereocenters. The van der Waals surface area contributed by atoms with Crippen LogP contribution in [0.1, 0.15) is 38.1 Å². The minimum Gasteiger partial charge on any atom is -0.465 e. The number of carbonyl (C=O) groups excluding carboxylic acids is 3. The van der Waals surface area contributed by atoms with Crippen molar-refractivity contribution in [2.75, 3.05) is 25.1 Å². The van der Waals surface area contributed by atoms with Crippen LogP contribution in [0, 0.1) is 0 Å². The van der Waals surface area contributed by atoms with Gasteiger partial charge in [0.15, 0.2) is 0 Å². The van der Waals surface area contributed by atoms with Gasteiger partial charge in [0, 0.05) is 25.7 Å². The summed E-state index contributed by atoms with van der Waals surface area (Å²) >= 11 is 0. The number of carbonyl (C=O) groups is 3. The van der Waals surface area contributed by atoms with Gasteiger partial charge in [0.2, 0.25) is 5.91 Å². The first-order valence-electron chi connectivity index (χ1n) is 7.57. The molecule has 132 valence electrons. The Bertz CT molecular complexity index is 607. The Morgan fingerprint density at radius 1 is 1.21 bits per heavy atom. The molecule has 0 atom stereocenters. The van der Waals surface area contributed by atoms with E-state index in [2.05, 4.69) is 10.1 Å². The Morgan fingerprint density at radius 3 is 2.42 bits per heavy atom. The number of alkyl carbamates (subject to hydrolysis) is 1. The number of amides is 2. The Labute approximate surface area is 141 Å². The van der Waals surface area contributed by atoms with Gasteiger partial charge >= 0.3 is 12.1 Å². The number of esters is 1. The average molecular weight is 336 g/mol. The third-order valence-electron chi connectivity index (χ3n) is 2.96. The maximum Gasteiger partial charge on any atom is 0.407 e. The number of hydrogen-bond donors (Lipinski definition) is 1. The lowest BCUT2D eigenvalue weighted by Crippen LogP contribution is -2.39. The van der Waals surface area contributed by atoms with Crippen LogP contribution >= 0.6 is 0 Å². The summed E-state index contributed by atoms with van der Waals surface area (Å²) in [6.07, 6.45) is -0.547. The summed E-state index contributed by atoms with van der Waals surface area (Å²) < 4.78 is 9.81. The van der Waals surface area contributed by atoms with Gasteiger partial charge in [-0.3, -0.25) is 4.79 Å². The molecule has 0 fully saturated rings. The van der Waals surface area contributed by atoms with Gasteiger partial charge in [-0.1, -0.05) is 6.07 Å². The SMILES string of the molecule is COC(=O)c1cccc(N(CCNC(=O)OC(C)(C)C)C(C)=O)c1. The van der Waals surface area contributed by atoms with Crippen LogP contribution in [0.25, 0.3) is 0 Å². The molecule has 1 N–H and O–H groups in total. The topological polar surface area (TPSA) is 84.9 Å². The van der Waals surface area contributed by atoms with Gasteiger partial charge in [-0.15, -0.1) is 0 Å². The number of ether oxygens (including phenoxy) is 2. The summed E-state index contributed by atoms with van der Waals surface area (Å²) in [5.41, 5.74) is 0.317. The Balaban J connectivity index is 2.73. The minimum atomic E-state index is -0.584. The zero-order chi connectivity index (χ0) is 18.3. The van der Waals surface area contributed by atoms with Crippen molar-refractivity contribution in [3.05, 3.63) is 29.8 Å². The summed E-state index contributed by atoms with van der Waals surface area (Å²) in [5, 5.41) is 2.60. The van der Waals surface area contributed by atoms with Crippen LogP contribution in [-0.2, 0) is 14.3 Å². The number of methoxy groups -OCH3 is 1. The van der Waals surface area contributed by atoms with E-state index in [0.29, 0.717) is 11.3 Å². The molecule has 0 aliphatic rings. The molecular formula is C17H24N2O5. The zero-order valence-corrected chi connectivity index (χ0v) is 14.7. The molecule has 2 amide bonds. The van der Waals surface area contributed by atoms with E-state index in [-0.39, 0.29) is 19.0 Å². The maximum absolute atomic E-state index is 11.9. The molecule has 7 heteroatoms. The largest absolute Gasteiger partial charge is 0.465 e. The zero-order valence-electron chi connectivity index (χ0n) is 14.7. The molecule has 0 aliphatic carbocycles. The fraction of sp³-hybridized carbons (Fsp3) is 0.471. The first kappa shape index (κ1) is 19.5. The molecule has 0 aromatic heterocycles. The highest BCUT2D eigenvalue weighted by Crippen LogP contribution is 2.17. The van der Waals surface area contributed by atoms with Crippen molar-refractivity contribution in [2.45, 2.75) is 33.3 Å². The van der Waals surface area contributed by atoms with Crippen LogP contribution in [0.15, 0.2) is 24.3 Å². The molecule has 24 heavy (non-hydrogen) atoms. The van der Waals surface area contributed by atoms with E-state index >= 15 is 0 Å². The summed E-state index contributed by atoms with van der Waals surface area (Å²) in [6, 6.07) is 6.55. The summed E-state index contributed by atoms with van der Waals surface area (Å²) in [4.78, 5) is 36.6. The minimum absolute atomic E-state index is 0.206. The molecule has 0 saturated heterocycles. The van der Waals surface area contributed by atoms with Crippen molar-refractivity contribution in [3.63, 3.8) is 0 Å². The van der Waals surface area contributed by atoms with Gasteiger partial charge in [-0.2, -0.15) is 0 Å². The van der Waals surface area contributed by atoms with Gasteiger partial charge in [0.1, 0.15) is 5.60 Å². The van der Waals surface area contributed by atoms with Crippen LogP contribution < -0.4 is 10.2 Å². The van der Waals surface area contributed by atoms with Crippen LogP contribution in [0.5, 0.6) is 0 Å². The van der Waals surface area contributed by atoms with E-state index in [9.17, 15) is 14.4 Å². The quantitative estimate of drug-likeness (QED) is 0.834. The van der Waals surface area contributed by atoms with Crippen molar-refractivity contribution < 1.29 is 23.9 Å². The van der Waals surface area contributed by atoms with Crippen LogP contribution in [0.4, 0.5) is 10.5 Å². The predicted octanol–water partition coefficient (Wildman–Crippen LogP) is 2.35. The molecule has 1 aromatic carbocycles. The first-order valence-corrected chi connectivity index (χ1v) is 7.57. The van der Waals surface area contributed by atoms with Crippen molar-refractivity contribution >= 4 is 23.7 Å². The average Bonchev–Trinajstić information content (AvgIpc) is 2.48. The smallest absolute Gasteiger partial charge is 0.407 e. The number of benzene rings is 1.